The van der Waals surface area contributed by atoms with Crippen molar-refractivity contribution in [2.24, 2.45) is 5.41 Å². The van der Waals surface area contributed by atoms with Gasteiger partial charge >= 0.3 is 0 Å². The molecule has 1 aromatic rings. The Morgan fingerprint density at radius 3 is 2.22 bits per heavy atom. The maximum atomic E-state index is 12.1. The van der Waals surface area contributed by atoms with Gasteiger partial charge in [-0.15, -0.1) is 0 Å². The Hall–Kier alpha value is -1.88. The molecule has 5 heteroatoms. The van der Waals surface area contributed by atoms with Crippen molar-refractivity contribution in [3.05, 3.63) is 35.4 Å². The van der Waals surface area contributed by atoms with Gasteiger partial charge in [-0.25, -0.2) is 0 Å². The Morgan fingerprint density at radius 2 is 1.70 bits per heavy atom. The van der Waals surface area contributed by atoms with E-state index in [4.69, 9.17) is 0 Å². The molecule has 1 rings (SSSR count). The molecule has 2 amide bonds. The topological polar surface area (TPSA) is 70.2 Å². The van der Waals surface area contributed by atoms with Crippen LogP contribution in [-0.2, 0) is 11.3 Å². The van der Waals surface area contributed by atoms with E-state index >= 15 is 0 Å². The number of nitrogens with one attached hydrogen (secondary N) is 3. The molecule has 1 aromatic carbocycles. The molecule has 0 saturated heterocycles. The molecule has 0 unspecified atom stereocenters. The molecule has 3 N–H and O–H groups in total. The summed E-state index contributed by atoms with van der Waals surface area (Å²) in [5.74, 6) is -0.0724. The van der Waals surface area contributed by atoms with Crippen LogP contribution in [-0.4, -0.2) is 30.9 Å². The summed E-state index contributed by atoms with van der Waals surface area (Å²) in [6.45, 7) is 11.6. The van der Waals surface area contributed by atoms with Gasteiger partial charge in [0.1, 0.15) is 0 Å². The molecular weight excluding hydrogens is 290 g/mol. The largest absolute Gasteiger partial charge is 0.352 e. The fourth-order valence-electron chi connectivity index (χ4n) is 1.99. The summed E-state index contributed by atoms with van der Waals surface area (Å²) in [5.41, 5.74) is 1.20. The van der Waals surface area contributed by atoms with Crippen molar-refractivity contribution in [1.82, 2.24) is 16.0 Å². The molecule has 0 bridgehead atoms. The van der Waals surface area contributed by atoms with Crippen LogP contribution < -0.4 is 16.0 Å². The van der Waals surface area contributed by atoms with Crippen LogP contribution in [0.5, 0.6) is 0 Å². The normalized spacial score (nSPS) is 12.6. The molecule has 0 radical (unpaired) electrons. The first kappa shape index (κ1) is 19.2. The van der Waals surface area contributed by atoms with E-state index in [9.17, 15) is 9.59 Å². The van der Waals surface area contributed by atoms with Crippen LogP contribution in [0.3, 0.4) is 0 Å². The lowest BCUT2D eigenvalue weighted by molar-refractivity contribution is -0.128. The number of hydrogen-bond acceptors (Lipinski definition) is 3. The number of rotatable bonds is 7. The highest BCUT2D eigenvalue weighted by Crippen LogP contribution is 2.13. The van der Waals surface area contributed by atoms with Gasteiger partial charge in [-0.3, -0.25) is 9.59 Å². The van der Waals surface area contributed by atoms with Gasteiger partial charge in [0, 0.05) is 30.1 Å². The fraction of sp³-hybridized carbons (Fsp3) is 0.556. The molecule has 0 aliphatic carbocycles. The average molecular weight is 319 g/mol. The second-order valence-corrected chi connectivity index (χ2v) is 6.80. The Labute approximate surface area is 139 Å². The Morgan fingerprint density at radius 1 is 1.09 bits per heavy atom. The van der Waals surface area contributed by atoms with Gasteiger partial charge in [0.05, 0.1) is 0 Å². The van der Waals surface area contributed by atoms with Crippen LogP contribution in [0.4, 0.5) is 0 Å². The van der Waals surface area contributed by atoms with Crippen molar-refractivity contribution in [1.29, 1.82) is 0 Å². The summed E-state index contributed by atoms with van der Waals surface area (Å²) in [5, 5.41) is 9.04. The van der Waals surface area contributed by atoms with Crippen LogP contribution in [0.2, 0.25) is 0 Å². The lowest BCUT2D eigenvalue weighted by Crippen LogP contribution is -2.38. The number of benzene rings is 1. The zero-order valence-corrected chi connectivity index (χ0v) is 14.8. The quantitative estimate of drug-likeness (QED) is 0.720. The summed E-state index contributed by atoms with van der Waals surface area (Å²) in [6.07, 6.45) is 0. The van der Waals surface area contributed by atoms with Gasteiger partial charge < -0.3 is 16.0 Å². The molecular formula is C18H29N3O2. The Kier molecular flexibility index (Phi) is 7.23. The second kappa shape index (κ2) is 8.67. The summed E-state index contributed by atoms with van der Waals surface area (Å²) in [4.78, 5) is 23.9. The molecule has 1 atom stereocenters. The monoisotopic (exact) mass is 319 g/mol. The van der Waals surface area contributed by atoms with Gasteiger partial charge in [0.25, 0.3) is 5.91 Å². The molecule has 128 valence electrons. The minimum absolute atomic E-state index is 0.0109. The predicted molar refractivity (Wildman–Crippen MR) is 93.2 cm³/mol. The molecule has 5 nitrogen and oxygen atoms in total. The van der Waals surface area contributed by atoms with Crippen molar-refractivity contribution in [2.45, 2.75) is 47.2 Å². The number of carbonyl (C=O) groups is 2. The first-order chi connectivity index (χ1) is 10.7. The number of carbonyl (C=O) groups excluding carboxylic acids is 2. The molecule has 0 saturated carbocycles. The molecule has 0 aromatic heterocycles. The van der Waals surface area contributed by atoms with E-state index in [0.717, 1.165) is 12.1 Å². The second-order valence-electron chi connectivity index (χ2n) is 6.80. The SMILES string of the molecule is CCN[C@H](C)CNC(=O)c1ccc(CNC(=O)C(C)(C)C)cc1. The third kappa shape index (κ3) is 6.82. The maximum absolute atomic E-state index is 12.1. The molecule has 23 heavy (non-hydrogen) atoms. The first-order valence-electron chi connectivity index (χ1n) is 8.13. The summed E-state index contributed by atoms with van der Waals surface area (Å²) < 4.78 is 0. The fourth-order valence-corrected chi connectivity index (χ4v) is 1.99. The van der Waals surface area contributed by atoms with Gasteiger partial charge in [0.15, 0.2) is 0 Å². The van der Waals surface area contributed by atoms with Crippen LogP contribution in [0, 0.1) is 5.41 Å². The van der Waals surface area contributed by atoms with E-state index in [2.05, 4.69) is 16.0 Å². The van der Waals surface area contributed by atoms with E-state index < -0.39 is 5.41 Å². The van der Waals surface area contributed by atoms with Crippen LogP contribution >= 0.6 is 0 Å². The molecule has 0 aliphatic rings. The molecule has 0 heterocycles. The highest BCUT2D eigenvalue weighted by atomic mass is 16.2. The van der Waals surface area contributed by atoms with Gasteiger partial charge in [-0.05, 0) is 31.2 Å². The van der Waals surface area contributed by atoms with E-state index in [0.29, 0.717) is 18.7 Å². The Bertz CT molecular complexity index is 518. The van der Waals surface area contributed by atoms with Crippen molar-refractivity contribution in [3.63, 3.8) is 0 Å². The van der Waals surface area contributed by atoms with Crippen molar-refractivity contribution >= 4 is 11.8 Å². The highest BCUT2D eigenvalue weighted by Gasteiger charge is 2.20. The standard InChI is InChI=1S/C18H29N3O2/c1-6-19-13(2)11-20-16(22)15-9-7-14(8-10-15)12-21-17(23)18(3,4)5/h7-10,13,19H,6,11-12H2,1-5H3,(H,20,22)(H,21,23)/t13-/m1/s1. The van der Waals surface area contributed by atoms with Crippen molar-refractivity contribution in [2.75, 3.05) is 13.1 Å². The van der Waals surface area contributed by atoms with Gasteiger partial charge in [0.2, 0.25) is 5.91 Å². The van der Waals surface area contributed by atoms with E-state index in [1.807, 2.05) is 46.8 Å². The number of hydrogen-bond donors (Lipinski definition) is 3. The minimum Gasteiger partial charge on any atom is -0.352 e. The van der Waals surface area contributed by atoms with Crippen molar-refractivity contribution in [3.8, 4) is 0 Å². The number of likely N-dealkylation sites (N-methyl/N-ethyl adjacent to an activating group) is 1. The van der Waals surface area contributed by atoms with E-state index in [1.54, 1.807) is 12.1 Å². The maximum Gasteiger partial charge on any atom is 0.251 e. The number of amides is 2. The predicted octanol–water partition coefficient (Wildman–Crippen LogP) is 2.08. The van der Waals surface area contributed by atoms with Crippen LogP contribution in [0.15, 0.2) is 24.3 Å². The third-order valence-electron chi connectivity index (χ3n) is 3.47. The van der Waals surface area contributed by atoms with Crippen LogP contribution in [0.25, 0.3) is 0 Å². The Balaban J connectivity index is 2.49. The first-order valence-corrected chi connectivity index (χ1v) is 8.13. The average Bonchev–Trinajstić information content (AvgIpc) is 2.50. The molecule has 0 aliphatic heterocycles. The zero-order valence-electron chi connectivity index (χ0n) is 14.8. The summed E-state index contributed by atoms with van der Waals surface area (Å²) >= 11 is 0. The zero-order chi connectivity index (χ0) is 17.5. The highest BCUT2D eigenvalue weighted by molar-refractivity contribution is 5.94. The molecule has 0 spiro atoms. The van der Waals surface area contributed by atoms with E-state index in [1.165, 1.54) is 0 Å². The lowest BCUT2D eigenvalue weighted by atomic mass is 9.95. The van der Waals surface area contributed by atoms with E-state index in [-0.39, 0.29) is 17.9 Å². The smallest absolute Gasteiger partial charge is 0.251 e. The van der Waals surface area contributed by atoms with Crippen LogP contribution in [0.1, 0.15) is 50.5 Å². The summed E-state index contributed by atoms with van der Waals surface area (Å²) in [7, 11) is 0. The van der Waals surface area contributed by atoms with Gasteiger partial charge in [-0.2, -0.15) is 0 Å². The third-order valence-corrected chi connectivity index (χ3v) is 3.47. The van der Waals surface area contributed by atoms with Crippen molar-refractivity contribution < 1.29 is 9.59 Å². The minimum atomic E-state index is -0.400. The van der Waals surface area contributed by atoms with Gasteiger partial charge in [-0.1, -0.05) is 39.8 Å². The lowest BCUT2D eigenvalue weighted by Gasteiger charge is -2.17. The summed E-state index contributed by atoms with van der Waals surface area (Å²) in [6, 6.07) is 7.55. The molecule has 0 fully saturated rings.